The van der Waals surface area contributed by atoms with Crippen LogP contribution < -0.4 is 5.32 Å². The highest BCUT2D eigenvalue weighted by atomic mass is 35.5. The van der Waals surface area contributed by atoms with E-state index in [0.29, 0.717) is 6.04 Å². The van der Waals surface area contributed by atoms with Gasteiger partial charge >= 0.3 is 0 Å². The molecule has 0 amide bonds. The Balaban J connectivity index is 0.000000614. The number of likely N-dealkylation sites (tertiary alicyclic amines) is 1. The number of hydrogen-bond donors (Lipinski definition) is 1. The van der Waals surface area contributed by atoms with Crippen LogP contribution in [0, 0.1) is 0 Å². The number of nitrogens with zero attached hydrogens (tertiary/aromatic N) is 1. The highest BCUT2D eigenvalue weighted by Crippen LogP contribution is 2.39. The number of benzene rings is 1. The van der Waals surface area contributed by atoms with Crippen molar-refractivity contribution in [2.45, 2.75) is 45.6 Å². The topological polar surface area (TPSA) is 32.3 Å². The van der Waals surface area contributed by atoms with Crippen molar-refractivity contribution in [3.8, 4) is 0 Å². The summed E-state index contributed by atoms with van der Waals surface area (Å²) in [5.74, 6) is 0. The van der Waals surface area contributed by atoms with E-state index in [1.165, 1.54) is 35.1 Å². The van der Waals surface area contributed by atoms with Gasteiger partial charge in [-0.15, -0.1) is 0 Å². The molecule has 1 saturated heterocycles. The van der Waals surface area contributed by atoms with Gasteiger partial charge in [-0.2, -0.15) is 0 Å². The van der Waals surface area contributed by atoms with Crippen molar-refractivity contribution in [3.05, 3.63) is 63.8 Å². The molecule has 0 radical (unpaired) electrons. The first kappa shape index (κ1) is 21.5. The van der Waals surface area contributed by atoms with E-state index in [2.05, 4.69) is 47.7 Å². The molecule has 0 spiro atoms. The van der Waals surface area contributed by atoms with E-state index in [9.17, 15) is 0 Å². The smallest absolute Gasteiger partial charge is 0.106 e. The zero-order valence-corrected chi connectivity index (χ0v) is 17.5. The van der Waals surface area contributed by atoms with E-state index >= 15 is 0 Å². The third-order valence-corrected chi connectivity index (χ3v) is 5.58. The maximum atomic E-state index is 8.00. The molecule has 27 heavy (non-hydrogen) atoms. The van der Waals surface area contributed by atoms with Crippen molar-refractivity contribution >= 4 is 24.0 Å². The quantitative estimate of drug-likeness (QED) is 0.679. The Morgan fingerprint density at radius 2 is 1.81 bits per heavy atom. The number of hydrogen-bond acceptors (Lipinski definition) is 3. The fraction of sp³-hybridized carbons (Fsp3) is 0.435. The molecule has 1 aromatic rings. The molecular formula is C23H31ClN2O. The molecule has 2 aliphatic heterocycles. The van der Waals surface area contributed by atoms with Crippen molar-refractivity contribution in [2.24, 2.45) is 0 Å². The molecule has 3 aliphatic rings. The number of nitrogens with one attached hydrogen (secondary N) is 1. The number of carbonyl (C=O) groups excluding carboxylic acids is 1. The summed E-state index contributed by atoms with van der Waals surface area (Å²) < 4.78 is 0. The first-order chi connectivity index (χ1) is 13.2. The summed E-state index contributed by atoms with van der Waals surface area (Å²) in [6.45, 7) is 8.31. The zero-order chi connectivity index (χ0) is 19.8. The van der Waals surface area contributed by atoms with Crippen molar-refractivity contribution in [2.75, 3.05) is 20.1 Å². The van der Waals surface area contributed by atoms with Crippen LogP contribution in [0.1, 0.15) is 44.2 Å². The Morgan fingerprint density at radius 1 is 1.11 bits per heavy atom. The van der Waals surface area contributed by atoms with Gasteiger partial charge in [-0.3, -0.25) is 0 Å². The molecule has 1 N–H and O–H groups in total. The largest absolute Gasteiger partial charge is 0.380 e. The highest BCUT2D eigenvalue weighted by Gasteiger charge is 2.29. The van der Waals surface area contributed by atoms with Crippen LogP contribution in [-0.4, -0.2) is 37.9 Å². The van der Waals surface area contributed by atoms with Gasteiger partial charge in [-0.1, -0.05) is 43.2 Å². The van der Waals surface area contributed by atoms with Gasteiger partial charge in [-0.25, -0.2) is 0 Å². The number of piperidine rings is 1. The van der Waals surface area contributed by atoms with Crippen LogP contribution in [0.15, 0.2) is 47.7 Å². The van der Waals surface area contributed by atoms with Crippen LogP contribution in [0.5, 0.6) is 0 Å². The lowest BCUT2D eigenvalue weighted by molar-refractivity contribution is -0.0979. The number of fused-ring (bicyclic) bond motifs is 2. The lowest BCUT2D eigenvalue weighted by Gasteiger charge is -2.31. The van der Waals surface area contributed by atoms with Crippen LogP contribution in [0.2, 0.25) is 5.02 Å². The van der Waals surface area contributed by atoms with Crippen LogP contribution in [0.4, 0.5) is 0 Å². The second kappa shape index (κ2) is 10.5. The summed E-state index contributed by atoms with van der Waals surface area (Å²) in [6.07, 6.45) is 11.0. The minimum atomic E-state index is 0.334. The number of allylic oxidation sites excluding steroid dienone is 2. The van der Waals surface area contributed by atoms with Gasteiger partial charge in [0, 0.05) is 18.1 Å². The molecule has 146 valence electrons. The molecule has 1 aromatic carbocycles. The van der Waals surface area contributed by atoms with Gasteiger partial charge in [0.2, 0.25) is 0 Å². The van der Waals surface area contributed by atoms with Crippen molar-refractivity contribution < 1.29 is 4.79 Å². The predicted octanol–water partition coefficient (Wildman–Crippen LogP) is 5.02. The molecule has 0 bridgehead atoms. The van der Waals surface area contributed by atoms with E-state index in [-0.39, 0.29) is 0 Å². The summed E-state index contributed by atoms with van der Waals surface area (Å²) in [5, 5.41) is 4.47. The van der Waals surface area contributed by atoms with Gasteiger partial charge in [-0.05, 0) is 79.4 Å². The average molecular weight is 387 g/mol. The second-order valence-corrected chi connectivity index (χ2v) is 7.26. The molecule has 1 fully saturated rings. The van der Waals surface area contributed by atoms with E-state index < -0.39 is 0 Å². The first-order valence-electron chi connectivity index (χ1n) is 9.82. The average Bonchev–Trinajstić information content (AvgIpc) is 2.88. The molecule has 1 atom stereocenters. The predicted molar refractivity (Wildman–Crippen MR) is 116 cm³/mol. The maximum absolute atomic E-state index is 8.00. The van der Waals surface area contributed by atoms with Crippen molar-refractivity contribution in [1.29, 1.82) is 0 Å². The van der Waals surface area contributed by atoms with Gasteiger partial charge in [0.15, 0.2) is 0 Å². The number of halogens is 1. The Morgan fingerprint density at radius 3 is 2.52 bits per heavy atom. The molecule has 2 heterocycles. The third kappa shape index (κ3) is 4.91. The first-order valence-corrected chi connectivity index (χ1v) is 10.2. The summed E-state index contributed by atoms with van der Waals surface area (Å²) in [7, 11) is 2.22. The van der Waals surface area contributed by atoms with Gasteiger partial charge in [0.1, 0.15) is 6.79 Å². The Labute approximate surface area is 168 Å². The summed E-state index contributed by atoms with van der Waals surface area (Å²) >= 11 is 6.27. The highest BCUT2D eigenvalue weighted by molar-refractivity contribution is 6.30. The molecule has 4 rings (SSSR count). The zero-order valence-electron chi connectivity index (χ0n) is 16.7. The Hall–Kier alpha value is -1.84. The summed E-state index contributed by atoms with van der Waals surface area (Å²) in [6, 6.07) is 6.78. The molecule has 1 unspecified atom stereocenters. The Kier molecular flexibility index (Phi) is 8.33. The van der Waals surface area contributed by atoms with Gasteiger partial charge in [0.05, 0.1) is 6.04 Å². The number of dihydropyridines is 1. The van der Waals surface area contributed by atoms with Crippen LogP contribution in [0.25, 0.3) is 5.57 Å². The third-order valence-electron chi connectivity index (χ3n) is 5.34. The molecule has 4 heteroatoms. The van der Waals surface area contributed by atoms with Crippen molar-refractivity contribution in [1.82, 2.24) is 10.2 Å². The fourth-order valence-corrected chi connectivity index (χ4v) is 4.24. The van der Waals surface area contributed by atoms with Crippen LogP contribution in [0.3, 0.4) is 0 Å². The minimum absolute atomic E-state index is 0.334. The van der Waals surface area contributed by atoms with E-state index in [1.807, 2.05) is 26.7 Å². The summed E-state index contributed by atoms with van der Waals surface area (Å²) in [4.78, 5) is 10.4. The molecule has 1 aliphatic carbocycles. The lowest BCUT2D eigenvalue weighted by atomic mass is 9.85. The fourth-order valence-electron chi connectivity index (χ4n) is 4.04. The lowest BCUT2D eigenvalue weighted by Crippen LogP contribution is -2.33. The van der Waals surface area contributed by atoms with E-state index in [1.54, 1.807) is 5.57 Å². The van der Waals surface area contributed by atoms with Crippen molar-refractivity contribution in [3.63, 3.8) is 0 Å². The standard InChI is InChI=1S/C20H23ClN2.C2H6.CH2O/c1-23-11-8-14(9-12-23)19-18-7-6-17(21)13-16(18)5-4-15-3-2-10-22-20(15)19;2*1-2/h2-3,6-7,10,13,20,22H,4-5,8-9,11-12H2,1H3;1-2H3;1H2. The van der Waals surface area contributed by atoms with Gasteiger partial charge < -0.3 is 15.0 Å². The maximum Gasteiger partial charge on any atom is 0.106 e. The van der Waals surface area contributed by atoms with Crippen LogP contribution in [-0.2, 0) is 11.2 Å². The second-order valence-electron chi connectivity index (χ2n) is 6.82. The van der Waals surface area contributed by atoms with E-state index in [4.69, 9.17) is 16.4 Å². The monoisotopic (exact) mass is 386 g/mol. The molecular weight excluding hydrogens is 356 g/mol. The normalized spacial score (nSPS) is 21.2. The molecule has 0 aromatic heterocycles. The Bertz CT molecular complexity index is 726. The molecule has 3 nitrogen and oxygen atoms in total. The number of carbonyl (C=O) groups is 1. The molecule has 0 saturated carbocycles. The number of rotatable bonds is 0. The minimum Gasteiger partial charge on any atom is -0.380 e. The summed E-state index contributed by atoms with van der Waals surface area (Å²) in [5.41, 5.74) is 7.44. The SMILES string of the molecule is C=O.CC.CN1CCC(=C2c3ccc(Cl)cc3CCC3=CC=CNC32)CC1. The van der Waals surface area contributed by atoms with Crippen LogP contribution >= 0.6 is 11.6 Å². The number of aryl methyl sites for hydroxylation is 1. The van der Waals surface area contributed by atoms with Gasteiger partial charge in [0.25, 0.3) is 0 Å². The van der Waals surface area contributed by atoms with E-state index in [0.717, 1.165) is 31.0 Å².